The van der Waals surface area contributed by atoms with E-state index >= 15 is 0 Å². The van der Waals surface area contributed by atoms with Gasteiger partial charge in [0.05, 0.1) is 0 Å². The summed E-state index contributed by atoms with van der Waals surface area (Å²) in [5.41, 5.74) is 4.02. The Morgan fingerprint density at radius 3 is 2.79 bits per heavy atom. The zero-order chi connectivity index (χ0) is 22.2. The van der Waals surface area contributed by atoms with Crippen LogP contribution in [0.15, 0.2) is 60.8 Å². The van der Waals surface area contributed by atoms with Gasteiger partial charge in [-0.2, -0.15) is 0 Å². The molecule has 166 valence electrons. The Kier molecular flexibility index (Phi) is 4.97. The molecule has 3 heterocycles. The Morgan fingerprint density at radius 1 is 1.09 bits per heavy atom. The van der Waals surface area contributed by atoms with Crippen molar-refractivity contribution in [1.29, 1.82) is 0 Å². The lowest BCUT2D eigenvalue weighted by Crippen LogP contribution is -2.24. The number of ether oxygens (including phenoxy) is 1. The third kappa shape index (κ3) is 4.41. The Balaban J connectivity index is 1.17. The van der Waals surface area contributed by atoms with Crippen LogP contribution in [0.5, 0.6) is 5.88 Å². The zero-order valence-corrected chi connectivity index (χ0v) is 18.1. The SMILES string of the molecule is O=C(NC1=CC(c2nncn2C2CC2)=CCC1)c1cc(-c2ccc(OC3CC3)nc2)ccn1. The average molecular weight is 441 g/mol. The third-order valence-electron chi connectivity index (χ3n) is 6.03. The first kappa shape index (κ1) is 19.8. The maximum absolute atomic E-state index is 13.0. The number of rotatable bonds is 7. The summed E-state index contributed by atoms with van der Waals surface area (Å²) < 4.78 is 7.85. The van der Waals surface area contributed by atoms with Crippen molar-refractivity contribution < 1.29 is 9.53 Å². The molecule has 0 unspecified atom stereocenters. The fourth-order valence-corrected chi connectivity index (χ4v) is 3.95. The van der Waals surface area contributed by atoms with Crippen molar-refractivity contribution in [1.82, 2.24) is 30.0 Å². The standard InChI is InChI=1S/C25H24N6O2/c32-25(29-19-3-1-2-17(12-19)24-30-28-15-31(24)20-5-6-20)22-13-16(10-11-26-22)18-4-9-23(27-14-18)33-21-7-8-21/h2,4,9-15,20-21H,1,3,5-8H2,(H,29,32). The number of carbonyl (C=O) groups is 1. The molecular formula is C25H24N6O2. The summed E-state index contributed by atoms with van der Waals surface area (Å²) in [7, 11) is 0. The van der Waals surface area contributed by atoms with Gasteiger partial charge in [0.1, 0.15) is 18.1 Å². The van der Waals surface area contributed by atoms with Gasteiger partial charge in [-0.3, -0.25) is 9.78 Å². The lowest BCUT2D eigenvalue weighted by atomic mass is 10.0. The van der Waals surface area contributed by atoms with Crippen molar-refractivity contribution in [3.63, 3.8) is 0 Å². The largest absolute Gasteiger partial charge is 0.474 e. The van der Waals surface area contributed by atoms with E-state index in [1.807, 2.05) is 24.3 Å². The van der Waals surface area contributed by atoms with Gasteiger partial charge in [0.15, 0.2) is 5.82 Å². The molecule has 0 saturated heterocycles. The van der Waals surface area contributed by atoms with Crippen molar-refractivity contribution >= 4 is 11.5 Å². The van der Waals surface area contributed by atoms with Gasteiger partial charge in [-0.1, -0.05) is 6.08 Å². The molecule has 1 N–H and O–H groups in total. The Labute approximate surface area is 191 Å². The van der Waals surface area contributed by atoms with Crippen LogP contribution in [0, 0.1) is 0 Å². The molecular weight excluding hydrogens is 416 g/mol. The van der Waals surface area contributed by atoms with Crippen LogP contribution in [-0.2, 0) is 0 Å². The molecule has 8 heteroatoms. The Morgan fingerprint density at radius 2 is 2.00 bits per heavy atom. The van der Waals surface area contributed by atoms with E-state index in [0.29, 0.717) is 23.7 Å². The molecule has 0 spiro atoms. The second-order valence-electron chi connectivity index (χ2n) is 8.75. The van der Waals surface area contributed by atoms with Crippen LogP contribution in [0.1, 0.15) is 60.9 Å². The number of nitrogens with zero attached hydrogens (tertiary/aromatic N) is 5. The zero-order valence-electron chi connectivity index (χ0n) is 18.1. The Hall–Kier alpha value is -3.81. The molecule has 0 atom stereocenters. The second-order valence-corrected chi connectivity index (χ2v) is 8.75. The summed E-state index contributed by atoms with van der Waals surface area (Å²) in [6.07, 6.45) is 15.8. The molecule has 0 bridgehead atoms. The van der Waals surface area contributed by atoms with Gasteiger partial charge in [0.2, 0.25) is 5.88 Å². The van der Waals surface area contributed by atoms with E-state index < -0.39 is 0 Å². The van der Waals surface area contributed by atoms with Crippen LogP contribution >= 0.6 is 0 Å². The van der Waals surface area contributed by atoms with Crippen LogP contribution in [0.25, 0.3) is 16.7 Å². The fourth-order valence-electron chi connectivity index (χ4n) is 3.95. The van der Waals surface area contributed by atoms with Crippen LogP contribution in [0.4, 0.5) is 0 Å². The lowest BCUT2D eigenvalue weighted by molar-refractivity contribution is 0.0959. The van der Waals surface area contributed by atoms with Crippen molar-refractivity contribution in [3.8, 4) is 17.0 Å². The number of aromatic nitrogens is 5. The third-order valence-corrected chi connectivity index (χ3v) is 6.03. The van der Waals surface area contributed by atoms with E-state index in [2.05, 4.69) is 36.1 Å². The highest BCUT2D eigenvalue weighted by Gasteiger charge is 2.27. The minimum Gasteiger partial charge on any atom is -0.474 e. The maximum Gasteiger partial charge on any atom is 0.274 e. The summed E-state index contributed by atoms with van der Waals surface area (Å²) in [5.74, 6) is 1.28. The van der Waals surface area contributed by atoms with Crippen LogP contribution < -0.4 is 10.1 Å². The van der Waals surface area contributed by atoms with Gasteiger partial charge < -0.3 is 14.6 Å². The minimum absolute atomic E-state index is 0.227. The summed E-state index contributed by atoms with van der Waals surface area (Å²) in [6, 6.07) is 7.99. The first-order valence-electron chi connectivity index (χ1n) is 11.4. The molecule has 3 aromatic heterocycles. The predicted molar refractivity (Wildman–Crippen MR) is 122 cm³/mol. The summed E-state index contributed by atoms with van der Waals surface area (Å²) in [6.45, 7) is 0. The van der Waals surface area contributed by atoms with Crippen molar-refractivity contribution in [2.24, 2.45) is 0 Å². The monoisotopic (exact) mass is 440 g/mol. The highest BCUT2D eigenvalue weighted by Crippen LogP contribution is 2.37. The van der Waals surface area contributed by atoms with Gasteiger partial charge in [0, 0.05) is 41.3 Å². The number of nitrogens with one attached hydrogen (secondary N) is 1. The molecule has 0 aromatic carbocycles. The molecule has 0 aliphatic heterocycles. The van der Waals surface area contributed by atoms with E-state index in [1.165, 1.54) is 12.8 Å². The predicted octanol–water partition coefficient (Wildman–Crippen LogP) is 4.10. The van der Waals surface area contributed by atoms with Gasteiger partial charge >= 0.3 is 0 Å². The highest BCUT2D eigenvalue weighted by molar-refractivity contribution is 5.95. The van der Waals surface area contributed by atoms with Gasteiger partial charge in [-0.25, -0.2) is 4.98 Å². The van der Waals surface area contributed by atoms with Gasteiger partial charge in [0.25, 0.3) is 5.91 Å². The van der Waals surface area contributed by atoms with Gasteiger partial charge in [-0.05, 0) is 68.4 Å². The normalized spacial score (nSPS) is 17.8. The summed E-state index contributed by atoms with van der Waals surface area (Å²) in [4.78, 5) is 21.6. The molecule has 1 amide bonds. The maximum atomic E-state index is 13.0. The number of hydrogen-bond acceptors (Lipinski definition) is 6. The summed E-state index contributed by atoms with van der Waals surface area (Å²) in [5, 5.41) is 11.4. The molecule has 33 heavy (non-hydrogen) atoms. The van der Waals surface area contributed by atoms with Crippen molar-refractivity contribution in [3.05, 3.63) is 72.4 Å². The molecule has 2 fully saturated rings. The minimum atomic E-state index is -0.227. The quantitative estimate of drug-likeness (QED) is 0.594. The number of hydrogen-bond donors (Lipinski definition) is 1. The van der Waals surface area contributed by atoms with E-state index in [1.54, 1.807) is 24.8 Å². The number of pyridine rings is 2. The van der Waals surface area contributed by atoms with Crippen LogP contribution in [-0.4, -0.2) is 36.7 Å². The number of allylic oxidation sites excluding steroid dienone is 4. The first-order valence-corrected chi connectivity index (χ1v) is 11.4. The lowest BCUT2D eigenvalue weighted by Gasteiger charge is -2.15. The molecule has 8 nitrogen and oxygen atoms in total. The molecule has 3 aliphatic rings. The topological polar surface area (TPSA) is 94.8 Å². The number of amides is 1. The van der Waals surface area contributed by atoms with E-state index in [4.69, 9.17) is 4.74 Å². The highest BCUT2D eigenvalue weighted by atomic mass is 16.5. The average Bonchev–Trinajstić information content (AvgIpc) is 3.79. The molecule has 2 saturated carbocycles. The van der Waals surface area contributed by atoms with Crippen molar-refractivity contribution in [2.75, 3.05) is 0 Å². The molecule has 0 radical (unpaired) electrons. The summed E-state index contributed by atoms with van der Waals surface area (Å²) >= 11 is 0. The molecule has 3 aliphatic carbocycles. The fraction of sp³-hybridized carbons (Fsp3) is 0.320. The van der Waals surface area contributed by atoms with Crippen LogP contribution in [0.3, 0.4) is 0 Å². The second kappa shape index (κ2) is 8.27. The Bertz CT molecular complexity index is 1250. The molecule has 3 aromatic rings. The first-order chi connectivity index (χ1) is 16.2. The molecule has 6 rings (SSSR count). The smallest absolute Gasteiger partial charge is 0.274 e. The van der Waals surface area contributed by atoms with Crippen LogP contribution in [0.2, 0.25) is 0 Å². The van der Waals surface area contributed by atoms with E-state index in [9.17, 15) is 4.79 Å². The number of carbonyl (C=O) groups excluding carboxylic acids is 1. The van der Waals surface area contributed by atoms with Gasteiger partial charge in [-0.15, -0.1) is 10.2 Å². The van der Waals surface area contributed by atoms with Crippen molar-refractivity contribution in [2.45, 2.75) is 50.7 Å². The van der Waals surface area contributed by atoms with E-state index in [0.717, 1.165) is 53.9 Å². The van der Waals surface area contributed by atoms with E-state index in [-0.39, 0.29) is 5.91 Å².